The second-order valence-corrected chi connectivity index (χ2v) is 5.20. The number of aromatic nitrogens is 1. The van der Waals surface area contributed by atoms with Gasteiger partial charge in [0.1, 0.15) is 0 Å². The van der Waals surface area contributed by atoms with E-state index in [-0.39, 0.29) is 0 Å². The van der Waals surface area contributed by atoms with Gasteiger partial charge in [0.15, 0.2) is 0 Å². The van der Waals surface area contributed by atoms with E-state index < -0.39 is 0 Å². The minimum Gasteiger partial charge on any atom is -0.376 e. The quantitative estimate of drug-likeness (QED) is 0.866. The Morgan fingerprint density at radius 1 is 1.31 bits per heavy atom. The highest BCUT2D eigenvalue weighted by atomic mass is 32.1. The molecule has 1 aliphatic carbocycles. The topological polar surface area (TPSA) is 24.9 Å². The molecule has 2 aromatic heterocycles. The fourth-order valence-corrected chi connectivity index (χ4v) is 2.82. The van der Waals surface area contributed by atoms with Gasteiger partial charge in [-0.15, -0.1) is 11.3 Å². The van der Waals surface area contributed by atoms with Crippen molar-refractivity contribution in [3.63, 3.8) is 0 Å². The lowest BCUT2D eigenvalue weighted by molar-refractivity contribution is 0.690. The first kappa shape index (κ1) is 9.85. The van der Waals surface area contributed by atoms with Crippen LogP contribution >= 0.6 is 11.3 Å². The van der Waals surface area contributed by atoms with Crippen LogP contribution in [0.4, 0.5) is 5.69 Å². The number of nitrogens with zero attached hydrogens (tertiary/aromatic N) is 1. The zero-order valence-electron chi connectivity index (χ0n) is 8.97. The van der Waals surface area contributed by atoms with Crippen molar-refractivity contribution < 1.29 is 0 Å². The van der Waals surface area contributed by atoms with E-state index in [4.69, 9.17) is 0 Å². The molecule has 0 spiro atoms. The Labute approximate surface area is 99.4 Å². The molecule has 0 amide bonds. The molecule has 82 valence electrons. The lowest BCUT2D eigenvalue weighted by Gasteiger charge is -2.17. The number of thiophene rings is 1. The number of nitrogens with one attached hydrogen (secondary N) is 1. The lowest BCUT2D eigenvalue weighted by atomic mass is 10.1. The number of pyridine rings is 1. The molecule has 0 aliphatic heterocycles. The summed E-state index contributed by atoms with van der Waals surface area (Å²) in [5.41, 5.74) is 1.12. The van der Waals surface area contributed by atoms with E-state index in [1.165, 1.54) is 17.7 Å². The van der Waals surface area contributed by atoms with Crippen molar-refractivity contribution in [3.8, 4) is 0 Å². The third-order valence-electron chi connectivity index (χ3n) is 2.93. The highest BCUT2D eigenvalue weighted by molar-refractivity contribution is 7.10. The van der Waals surface area contributed by atoms with E-state index in [1.807, 2.05) is 29.8 Å². The van der Waals surface area contributed by atoms with Crippen LogP contribution in [0, 0.1) is 5.92 Å². The second kappa shape index (κ2) is 4.26. The van der Waals surface area contributed by atoms with Crippen molar-refractivity contribution in [1.29, 1.82) is 0 Å². The third-order valence-corrected chi connectivity index (χ3v) is 3.88. The van der Waals surface area contributed by atoms with Crippen LogP contribution in [0.15, 0.2) is 42.0 Å². The van der Waals surface area contributed by atoms with Crippen molar-refractivity contribution in [2.24, 2.45) is 5.92 Å². The molecule has 2 heterocycles. The van der Waals surface area contributed by atoms with Gasteiger partial charge in [0.25, 0.3) is 0 Å². The highest BCUT2D eigenvalue weighted by Gasteiger charge is 2.32. The predicted octanol–water partition coefficient (Wildman–Crippen LogP) is 3.71. The van der Waals surface area contributed by atoms with Crippen molar-refractivity contribution in [2.45, 2.75) is 18.9 Å². The molecule has 3 rings (SSSR count). The van der Waals surface area contributed by atoms with Crippen LogP contribution in [0.5, 0.6) is 0 Å². The molecule has 0 saturated heterocycles. The number of rotatable bonds is 4. The van der Waals surface area contributed by atoms with Crippen LogP contribution in [-0.2, 0) is 0 Å². The molecule has 2 nitrogen and oxygen atoms in total. The van der Waals surface area contributed by atoms with Crippen LogP contribution in [0.3, 0.4) is 0 Å². The summed E-state index contributed by atoms with van der Waals surface area (Å²) in [4.78, 5) is 5.58. The molecule has 1 saturated carbocycles. The first-order valence-corrected chi connectivity index (χ1v) is 6.51. The molecule has 1 atom stereocenters. The average molecular weight is 230 g/mol. The van der Waals surface area contributed by atoms with Gasteiger partial charge in [-0.05, 0) is 42.3 Å². The molecule has 0 bridgehead atoms. The Morgan fingerprint density at radius 2 is 2.25 bits per heavy atom. The van der Waals surface area contributed by atoms with E-state index in [0.29, 0.717) is 6.04 Å². The number of hydrogen-bond acceptors (Lipinski definition) is 3. The third kappa shape index (κ3) is 2.09. The van der Waals surface area contributed by atoms with E-state index in [1.54, 1.807) is 0 Å². The maximum absolute atomic E-state index is 4.14. The summed E-state index contributed by atoms with van der Waals surface area (Å²) in [5.74, 6) is 0.804. The Kier molecular flexibility index (Phi) is 2.62. The van der Waals surface area contributed by atoms with E-state index in [2.05, 4.69) is 33.9 Å². The van der Waals surface area contributed by atoms with Crippen molar-refractivity contribution >= 4 is 17.0 Å². The SMILES string of the molecule is c1cncc(NC(c2cccs2)C2CC2)c1. The summed E-state index contributed by atoms with van der Waals surface area (Å²) >= 11 is 1.84. The lowest BCUT2D eigenvalue weighted by Crippen LogP contribution is -2.11. The first-order chi connectivity index (χ1) is 7.93. The first-order valence-electron chi connectivity index (χ1n) is 5.63. The summed E-state index contributed by atoms with van der Waals surface area (Å²) in [6.45, 7) is 0. The minimum absolute atomic E-state index is 0.476. The van der Waals surface area contributed by atoms with Crippen molar-refractivity contribution in [1.82, 2.24) is 4.98 Å². The van der Waals surface area contributed by atoms with Crippen LogP contribution in [0.25, 0.3) is 0 Å². The molecular formula is C13H14N2S. The van der Waals surface area contributed by atoms with Crippen molar-refractivity contribution in [2.75, 3.05) is 5.32 Å². The Hall–Kier alpha value is -1.35. The maximum atomic E-state index is 4.14. The molecule has 3 heteroatoms. The average Bonchev–Trinajstić information content (AvgIpc) is 3.02. The monoisotopic (exact) mass is 230 g/mol. The molecule has 1 aliphatic rings. The summed E-state index contributed by atoms with van der Waals surface area (Å²) in [5, 5.41) is 5.74. The Morgan fingerprint density at radius 3 is 2.88 bits per heavy atom. The van der Waals surface area contributed by atoms with E-state index in [0.717, 1.165) is 11.6 Å². The Bertz CT molecular complexity index is 434. The zero-order chi connectivity index (χ0) is 10.8. The smallest absolute Gasteiger partial charge is 0.0635 e. The summed E-state index contributed by atoms with van der Waals surface area (Å²) in [6.07, 6.45) is 6.39. The molecule has 2 aromatic rings. The maximum Gasteiger partial charge on any atom is 0.0635 e. The highest BCUT2D eigenvalue weighted by Crippen LogP contribution is 2.43. The van der Waals surface area contributed by atoms with Crippen LogP contribution in [-0.4, -0.2) is 4.98 Å². The van der Waals surface area contributed by atoms with Gasteiger partial charge in [0.05, 0.1) is 11.7 Å². The summed E-state index contributed by atoms with van der Waals surface area (Å²) in [7, 11) is 0. The van der Waals surface area contributed by atoms with Gasteiger partial charge in [-0.3, -0.25) is 4.98 Å². The fourth-order valence-electron chi connectivity index (χ4n) is 1.95. The van der Waals surface area contributed by atoms with Crippen LogP contribution in [0.2, 0.25) is 0 Å². The van der Waals surface area contributed by atoms with Crippen LogP contribution < -0.4 is 5.32 Å². The van der Waals surface area contributed by atoms with Gasteiger partial charge in [-0.2, -0.15) is 0 Å². The zero-order valence-corrected chi connectivity index (χ0v) is 9.78. The number of hydrogen-bond donors (Lipinski definition) is 1. The molecule has 16 heavy (non-hydrogen) atoms. The van der Waals surface area contributed by atoms with Gasteiger partial charge in [-0.25, -0.2) is 0 Å². The minimum atomic E-state index is 0.476. The van der Waals surface area contributed by atoms with Gasteiger partial charge in [0, 0.05) is 17.3 Å². The largest absolute Gasteiger partial charge is 0.376 e. The normalized spacial score (nSPS) is 17.0. The van der Waals surface area contributed by atoms with Gasteiger partial charge in [-0.1, -0.05) is 6.07 Å². The second-order valence-electron chi connectivity index (χ2n) is 4.22. The fraction of sp³-hybridized carbons (Fsp3) is 0.308. The predicted molar refractivity (Wildman–Crippen MR) is 67.6 cm³/mol. The van der Waals surface area contributed by atoms with E-state index >= 15 is 0 Å². The molecule has 1 N–H and O–H groups in total. The molecule has 0 radical (unpaired) electrons. The van der Waals surface area contributed by atoms with Crippen molar-refractivity contribution in [3.05, 3.63) is 46.9 Å². The summed E-state index contributed by atoms with van der Waals surface area (Å²) in [6, 6.07) is 8.87. The molecule has 0 aromatic carbocycles. The van der Waals surface area contributed by atoms with Gasteiger partial charge >= 0.3 is 0 Å². The van der Waals surface area contributed by atoms with E-state index in [9.17, 15) is 0 Å². The summed E-state index contributed by atoms with van der Waals surface area (Å²) < 4.78 is 0. The Balaban J connectivity index is 1.80. The standard InChI is InChI=1S/C13H14N2S/c1-3-11(9-14-7-1)15-13(10-5-6-10)12-4-2-8-16-12/h1-4,7-10,13,15H,5-6H2. The number of anilines is 1. The van der Waals surface area contributed by atoms with Crippen LogP contribution in [0.1, 0.15) is 23.8 Å². The van der Waals surface area contributed by atoms with Gasteiger partial charge < -0.3 is 5.32 Å². The molecule has 1 fully saturated rings. The van der Waals surface area contributed by atoms with Gasteiger partial charge in [0.2, 0.25) is 0 Å². The molecular weight excluding hydrogens is 216 g/mol. The molecule has 1 unspecified atom stereocenters.